The highest BCUT2D eigenvalue weighted by molar-refractivity contribution is 9.09. The van der Waals surface area contributed by atoms with Crippen LogP contribution in [0.15, 0.2) is 22.8 Å². The van der Waals surface area contributed by atoms with Gasteiger partial charge in [-0.3, -0.25) is 4.79 Å². The number of amides is 1. The smallest absolute Gasteiger partial charge is 0.220 e. The van der Waals surface area contributed by atoms with Crippen LogP contribution in [0.2, 0.25) is 0 Å². The van der Waals surface area contributed by atoms with E-state index in [0.717, 1.165) is 17.5 Å². The minimum atomic E-state index is 0.0319. The highest BCUT2D eigenvalue weighted by atomic mass is 79.9. The summed E-state index contributed by atoms with van der Waals surface area (Å²) in [7, 11) is 1.64. The number of carbonyl (C=O) groups excluding carboxylic acids is 1. The average Bonchev–Trinajstić information content (AvgIpc) is 2.80. The van der Waals surface area contributed by atoms with E-state index >= 15 is 0 Å². The lowest BCUT2D eigenvalue weighted by Gasteiger charge is -2.16. The fourth-order valence-corrected chi connectivity index (χ4v) is 2.07. The first-order chi connectivity index (χ1) is 8.26. The average molecular weight is 304 g/mol. The second-order valence-electron chi connectivity index (χ2n) is 3.78. The van der Waals surface area contributed by atoms with Crippen LogP contribution in [-0.2, 0) is 16.0 Å². The molecule has 1 aromatic rings. The number of furan rings is 1. The summed E-state index contributed by atoms with van der Waals surface area (Å²) >= 11 is 3.36. The van der Waals surface area contributed by atoms with E-state index in [0.29, 0.717) is 19.4 Å². The number of alkyl halides is 1. The molecular formula is C12H18BrNO3. The third-order valence-electron chi connectivity index (χ3n) is 2.37. The van der Waals surface area contributed by atoms with Crippen molar-refractivity contribution < 1.29 is 13.9 Å². The highest BCUT2D eigenvalue weighted by Gasteiger charge is 2.11. The molecule has 0 saturated carbocycles. The van der Waals surface area contributed by atoms with Gasteiger partial charge in [0.15, 0.2) is 0 Å². The van der Waals surface area contributed by atoms with Gasteiger partial charge in [0.25, 0.3) is 0 Å². The molecule has 17 heavy (non-hydrogen) atoms. The zero-order valence-corrected chi connectivity index (χ0v) is 11.5. The van der Waals surface area contributed by atoms with Crippen LogP contribution in [0, 0.1) is 0 Å². The van der Waals surface area contributed by atoms with Crippen molar-refractivity contribution >= 4 is 21.8 Å². The molecule has 0 saturated heterocycles. The number of halogens is 1. The summed E-state index contributed by atoms with van der Waals surface area (Å²) in [5, 5.41) is 3.79. The summed E-state index contributed by atoms with van der Waals surface area (Å²) in [6.07, 6.45) is 3.55. The van der Waals surface area contributed by atoms with Gasteiger partial charge in [0.05, 0.1) is 18.9 Å². The van der Waals surface area contributed by atoms with Crippen LogP contribution in [0.4, 0.5) is 0 Å². The van der Waals surface area contributed by atoms with Crippen LogP contribution in [-0.4, -0.2) is 31.0 Å². The molecule has 0 aliphatic carbocycles. The first-order valence-corrected chi connectivity index (χ1v) is 6.75. The van der Waals surface area contributed by atoms with Crippen LogP contribution >= 0.6 is 15.9 Å². The lowest BCUT2D eigenvalue weighted by Crippen LogP contribution is -2.38. The lowest BCUT2D eigenvalue weighted by molar-refractivity contribution is -0.122. The summed E-state index contributed by atoms with van der Waals surface area (Å²) < 4.78 is 10.2. The lowest BCUT2D eigenvalue weighted by atomic mass is 10.2. The van der Waals surface area contributed by atoms with E-state index in [1.165, 1.54) is 0 Å². The third-order valence-corrected chi connectivity index (χ3v) is 2.83. The van der Waals surface area contributed by atoms with E-state index in [1.807, 2.05) is 12.1 Å². The molecule has 0 spiro atoms. The van der Waals surface area contributed by atoms with Gasteiger partial charge in [0.2, 0.25) is 5.91 Å². The molecule has 96 valence electrons. The number of rotatable bonds is 8. The van der Waals surface area contributed by atoms with Crippen molar-refractivity contribution in [3.05, 3.63) is 24.2 Å². The minimum absolute atomic E-state index is 0.0319. The summed E-state index contributed by atoms with van der Waals surface area (Å²) in [6.45, 7) is 0.540. The molecule has 0 aromatic carbocycles. The largest absolute Gasteiger partial charge is 0.469 e. The number of hydrogen-bond donors (Lipinski definition) is 1. The van der Waals surface area contributed by atoms with Crippen LogP contribution in [0.5, 0.6) is 0 Å². The first-order valence-electron chi connectivity index (χ1n) is 5.63. The molecular weight excluding hydrogens is 286 g/mol. The number of aryl methyl sites for hydroxylation is 1. The second kappa shape index (κ2) is 8.31. The summed E-state index contributed by atoms with van der Waals surface area (Å²) in [6, 6.07) is 3.77. The molecule has 0 bridgehead atoms. The van der Waals surface area contributed by atoms with Gasteiger partial charge < -0.3 is 14.5 Å². The minimum Gasteiger partial charge on any atom is -0.469 e. The monoisotopic (exact) mass is 303 g/mol. The molecule has 4 nitrogen and oxygen atoms in total. The quantitative estimate of drug-likeness (QED) is 0.749. The number of nitrogens with one attached hydrogen (secondary N) is 1. The molecule has 0 fully saturated rings. The fraction of sp³-hybridized carbons (Fsp3) is 0.583. The van der Waals surface area contributed by atoms with Crippen LogP contribution < -0.4 is 5.32 Å². The topological polar surface area (TPSA) is 51.5 Å². The molecule has 0 radical (unpaired) electrons. The molecule has 0 aliphatic rings. The fourth-order valence-electron chi connectivity index (χ4n) is 1.52. The van der Waals surface area contributed by atoms with E-state index in [-0.39, 0.29) is 11.9 Å². The van der Waals surface area contributed by atoms with Crippen LogP contribution in [0.25, 0.3) is 0 Å². The molecule has 1 heterocycles. The van der Waals surface area contributed by atoms with Crippen molar-refractivity contribution in [2.24, 2.45) is 0 Å². The second-order valence-corrected chi connectivity index (χ2v) is 4.57. The predicted molar refractivity (Wildman–Crippen MR) is 69.2 cm³/mol. The summed E-state index contributed by atoms with van der Waals surface area (Å²) in [4.78, 5) is 11.7. The van der Waals surface area contributed by atoms with Gasteiger partial charge in [-0.05, 0) is 18.6 Å². The van der Waals surface area contributed by atoms with E-state index in [1.54, 1.807) is 13.4 Å². The van der Waals surface area contributed by atoms with Crippen molar-refractivity contribution in [3.8, 4) is 0 Å². The zero-order valence-electron chi connectivity index (χ0n) is 9.95. The van der Waals surface area contributed by atoms with Gasteiger partial charge in [0, 0.05) is 25.3 Å². The normalized spacial score (nSPS) is 12.4. The maximum Gasteiger partial charge on any atom is 0.220 e. The Labute approximate surface area is 110 Å². The molecule has 1 N–H and O–H groups in total. The van der Waals surface area contributed by atoms with Gasteiger partial charge in [-0.2, -0.15) is 0 Å². The van der Waals surface area contributed by atoms with Gasteiger partial charge in [-0.15, -0.1) is 0 Å². The van der Waals surface area contributed by atoms with Gasteiger partial charge in [0.1, 0.15) is 5.76 Å². The third kappa shape index (κ3) is 5.89. The van der Waals surface area contributed by atoms with Crippen molar-refractivity contribution in [2.75, 3.05) is 19.0 Å². The zero-order chi connectivity index (χ0) is 12.5. The summed E-state index contributed by atoms with van der Waals surface area (Å²) in [5.74, 6) is 0.869. The molecule has 1 rings (SSSR count). The van der Waals surface area contributed by atoms with Crippen molar-refractivity contribution in [3.63, 3.8) is 0 Å². The maximum atomic E-state index is 11.7. The van der Waals surface area contributed by atoms with Gasteiger partial charge in [-0.25, -0.2) is 0 Å². The van der Waals surface area contributed by atoms with Crippen molar-refractivity contribution in [1.29, 1.82) is 0 Å². The van der Waals surface area contributed by atoms with E-state index in [4.69, 9.17) is 9.15 Å². The number of methoxy groups -OCH3 is 1. The van der Waals surface area contributed by atoms with Crippen LogP contribution in [0.1, 0.15) is 18.6 Å². The molecule has 0 aliphatic heterocycles. The Morgan fingerprint density at radius 1 is 1.65 bits per heavy atom. The Hall–Kier alpha value is -0.810. The first kappa shape index (κ1) is 14.3. The van der Waals surface area contributed by atoms with E-state index in [2.05, 4.69) is 21.2 Å². The molecule has 1 aromatic heterocycles. The Bertz CT molecular complexity index is 308. The van der Waals surface area contributed by atoms with Crippen molar-refractivity contribution in [2.45, 2.75) is 25.3 Å². The SMILES string of the molecule is COCC(CCBr)NC(=O)CCc1ccco1. The van der Waals surface area contributed by atoms with E-state index in [9.17, 15) is 4.79 Å². The Balaban J connectivity index is 2.26. The number of ether oxygens (including phenoxy) is 1. The number of hydrogen-bond acceptors (Lipinski definition) is 3. The van der Waals surface area contributed by atoms with Crippen LogP contribution in [0.3, 0.4) is 0 Å². The molecule has 5 heteroatoms. The Morgan fingerprint density at radius 3 is 3.06 bits per heavy atom. The van der Waals surface area contributed by atoms with Gasteiger partial charge >= 0.3 is 0 Å². The molecule has 1 unspecified atom stereocenters. The maximum absolute atomic E-state index is 11.7. The van der Waals surface area contributed by atoms with Gasteiger partial charge in [-0.1, -0.05) is 15.9 Å². The Kier molecular flexibility index (Phi) is 6.96. The Morgan fingerprint density at radius 2 is 2.47 bits per heavy atom. The standard InChI is InChI=1S/C12H18BrNO3/c1-16-9-10(6-7-13)14-12(15)5-4-11-3-2-8-17-11/h2-3,8,10H,4-7,9H2,1H3,(H,14,15). The molecule has 1 amide bonds. The highest BCUT2D eigenvalue weighted by Crippen LogP contribution is 2.04. The van der Waals surface area contributed by atoms with Crippen molar-refractivity contribution in [1.82, 2.24) is 5.32 Å². The summed E-state index contributed by atoms with van der Waals surface area (Å²) in [5.41, 5.74) is 0. The number of carbonyl (C=O) groups is 1. The van der Waals surface area contributed by atoms with E-state index < -0.39 is 0 Å². The molecule has 1 atom stereocenters. The predicted octanol–water partition coefficient (Wildman–Crippen LogP) is 2.13.